The smallest absolute Gasteiger partial charge is 0.157 e. The Hall–Kier alpha value is -1.52. The molecule has 0 aliphatic carbocycles. The molecule has 4 heteroatoms. The molecule has 3 N–H and O–H groups in total. The van der Waals surface area contributed by atoms with Gasteiger partial charge in [-0.25, -0.2) is 0 Å². The monoisotopic (exact) mass is 249 g/mol. The number of hydrogen-bond acceptors (Lipinski definition) is 4. The van der Waals surface area contributed by atoms with Crippen molar-refractivity contribution in [1.82, 2.24) is 5.32 Å². The quantitative estimate of drug-likeness (QED) is 0.730. The first-order valence-corrected chi connectivity index (χ1v) is 6.32. The number of phenolic OH excluding ortho intramolecular Hbond substituents is 2. The molecule has 2 rings (SSSR count). The van der Waals surface area contributed by atoms with E-state index in [0.717, 1.165) is 5.56 Å². The van der Waals surface area contributed by atoms with Gasteiger partial charge in [-0.05, 0) is 36.1 Å². The van der Waals surface area contributed by atoms with Crippen molar-refractivity contribution in [2.75, 3.05) is 0 Å². The van der Waals surface area contributed by atoms with Crippen molar-refractivity contribution in [1.29, 1.82) is 0 Å². The maximum absolute atomic E-state index is 9.37. The van der Waals surface area contributed by atoms with E-state index in [0.29, 0.717) is 6.54 Å². The van der Waals surface area contributed by atoms with Crippen molar-refractivity contribution in [2.45, 2.75) is 19.5 Å². The molecule has 0 radical (unpaired) electrons. The molecule has 90 valence electrons. The molecular formula is C13H15NO2S. The molecule has 0 fully saturated rings. The molecular weight excluding hydrogens is 234 g/mol. The maximum Gasteiger partial charge on any atom is 0.157 e. The number of aromatic hydroxyl groups is 2. The van der Waals surface area contributed by atoms with Gasteiger partial charge in [0.1, 0.15) is 0 Å². The molecule has 0 saturated heterocycles. The Kier molecular flexibility index (Phi) is 3.66. The Morgan fingerprint density at radius 3 is 2.71 bits per heavy atom. The van der Waals surface area contributed by atoms with Crippen molar-refractivity contribution >= 4 is 11.3 Å². The summed E-state index contributed by atoms with van der Waals surface area (Å²) in [6.07, 6.45) is 0. The van der Waals surface area contributed by atoms with Crippen LogP contribution >= 0.6 is 11.3 Å². The molecule has 0 saturated carbocycles. The Morgan fingerprint density at radius 2 is 2.06 bits per heavy atom. The standard InChI is InChI=1S/C13H15NO2S/c1-9(13-3-2-6-17-13)14-8-10-4-5-11(15)12(16)7-10/h2-7,9,14-16H,8H2,1H3/t9-/m0/s1. The van der Waals surface area contributed by atoms with Gasteiger partial charge in [0.15, 0.2) is 11.5 Å². The molecule has 0 unspecified atom stereocenters. The van der Waals surface area contributed by atoms with Crippen molar-refractivity contribution in [3.05, 3.63) is 46.2 Å². The van der Waals surface area contributed by atoms with Crippen LogP contribution in [0.3, 0.4) is 0 Å². The summed E-state index contributed by atoms with van der Waals surface area (Å²) < 4.78 is 0. The van der Waals surface area contributed by atoms with Crippen LogP contribution in [0.4, 0.5) is 0 Å². The van der Waals surface area contributed by atoms with Crippen LogP contribution in [0.25, 0.3) is 0 Å². The number of phenols is 2. The van der Waals surface area contributed by atoms with Crippen LogP contribution in [0.5, 0.6) is 11.5 Å². The van der Waals surface area contributed by atoms with E-state index in [2.05, 4.69) is 23.7 Å². The SMILES string of the molecule is C[C@H](NCc1ccc(O)c(O)c1)c1cccs1. The summed E-state index contributed by atoms with van der Waals surface area (Å²) in [5.74, 6) is -0.159. The molecule has 1 aromatic heterocycles. The molecule has 0 amide bonds. The zero-order chi connectivity index (χ0) is 12.3. The van der Waals surface area contributed by atoms with E-state index < -0.39 is 0 Å². The van der Waals surface area contributed by atoms with E-state index in [1.807, 2.05) is 6.07 Å². The third-order valence-electron chi connectivity index (χ3n) is 2.62. The fourth-order valence-corrected chi connectivity index (χ4v) is 2.35. The molecule has 17 heavy (non-hydrogen) atoms. The molecule has 0 aliphatic rings. The maximum atomic E-state index is 9.37. The van der Waals surface area contributed by atoms with E-state index >= 15 is 0 Å². The minimum absolute atomic E-state index is 0.0759. The highest BCUT2D eigenvalue weighted by molar-refractivity contribution is 7.10. The molecule has 1 atom stereocenters. The van der Waals surface area contributed by atoms with E-state index in [4.69, 9.17) is 0 Å². The minimum Gasteiger partial charge on any atom is -0.504 e. The summed E-state index contributed by atoms with van der Waals surface area (Å²) in [5.41, 5.74) is 0.948. The van der Waals surface area contributed by atoms with E-state index in [-0.39, 0.29) is 17.5 Å². The highest BCUT2D eigenvalue weighted by Crippen LogP contribution is 2.25. The van der Waals surface area contributed by atoms with Crippen LogP contribution in [0, 0.1) is 0 Å². The lowest BCUT2D eigenvalue weighted by molar-refractivity contribution is 0.402. The van der Waals surface area contributed by atoms with Gasteiger partial charge in [0.2, 0.25) is 0 Å². The normalized spacial score (nSPS) is 12.5. The second-order valence-corrected chi connectivity index (χ2v) is 4.92. The number of thiophene rings is 1. The molecule has 3 nitrogen and oxygen atoms in total. The Bertz CT molecular complexity index is 482. The fraction of sp³-hybridized carbons (Fsp3) is 0.231. The van der Waals surface area contributed by atoms with Gasteiger partial charge in [-0.3, -0.25) is 0 Å². The Labute approximate surface area is 104 Å². The van der Waals surface area contributed by atoms with Crippen LogP contribution in [0.1, 0.15) is 23.4 Å². The Balaban J connectivity index is 1.96. The predicted molar refractivity (Wildman–Crippen MR) is 69.3 cm³/mol. The van der Waals surface area contributed by atoms with Gasteiger partial charge in [-0.1, -0.05) is 12.1 Å². The number of rotatable bonds is 4. The second-order valence-electron chi connectivity index (χ2n) is 3.94. The van der Waals surface area contributed by atoms with E-state index in [1.165, 1.54) is 10.9 Å². The lowest BCUT2D eigenvalue weighted by atomic mass is 10.2. The first kappa shape index (κ1) is 12.0. The molecule has 0 spiro atoms. The molecule has 1 aromatic carbocycles. The number of nitrogens with one attached hydrogen (secondary N) is 1. The van der Waals surface area contributed by atoms with Crippen LogP contribution in [-0.2, 0) is 6.54 Å². The lowest BCUT2D eigenvalue weighted by Crippen LogP contribution is -2.16. The average Bonchev–Trinajstić information content (AvgIpc) is 2.84. The van der Waals surface area contributed by atoms with Gasteiger partial charge in [0.05, 0.1) is 0 Å². The first-order chi connectivity index (χ1) is 8.16. The summed E-state index contributed by atoms with van der Waals surface area (Å²) in [5, 5.41) is 24.0. The third kappa shape index (κ3) is 2.99. The lowest BCUT2D eigenvalue weighted by Gasteiger charge is -2.12. The summed E-state index contributed by atoms with van der Waals surface area (Å²) in [4.78, 5) is 1.29. The van der Waals surface area contributed by atoms with Gasteiger partial charge in [-0.2, -0.15) is 0 Å². The van der Waals surface area contributed by atoms with Crippen molar-refractivity contribution in [3.63, 3.8) is 0 Å². The fourth-order valence-electron chi connectivity index (χ4n) is 1.59. The van der Waals surface area contributed by atoms with Crippen molar-refractivity contribution < 1.29 is 10.2 Å². The summed E-state index contributed by atoms with van der Waals surface area (Å²) in [7, 11) is 0. The highest BCUT2D eigenvalue weighted by atomic mass is 32.1. The van der Waals surface area contributed by atoms with Crippen LogP contribution in [0.2, 0.25) is 0 Å². The summed E-state index contributed by atoms with van der Waals surface area (Å²) >= 11 is 1.72. The zero-order valence-corrected chi connectivity index (χ0v) is 10.4. The van der Waals surface area contributed by atoms with E-state index in [1.54, 1.807) is 23.5 Å². The highest BCUT2D eigenvalue weighted by Gasteiger charge is 2.06. The number of hydrogen-bond donors (Lipinski definition) is 3. The average molecular weight is 249 g/mol. The molecule has 0 aliphatic heterocycles. The van der Waals surface area contributed by atoms with Crippen molar-refractivity contribution in [2.24, 2.45) is 0 Å². The van der Waals surface area contributed by atoms with Gasteiger partial charge in [0, 0.05) is 17.5 Å². The minimum atomic E-state index is -0.0833. The van der Waals surface area contributed by atoms with Crippen LogP contribution in [0.15, 0.2) is 35.7 Å². The molecule has 1 heterocycles. The Morgan fingerprint density at radius 1 is 1.24 bits per heavy atom. The largest absolute Gasteiger partial charge is 0.504 e. The second kappa shape index (κ2) is 5.21. The van der Waals surface area contributed by atoms with Gasteiger partial charge in [0.25, 0.3) is 0 Å². The van der Waals surface area contributed by atoms with Crippen molar-refractivity contribution in [3.8, 4) is 11.5 Å². The number of benzene rings is 1. The van der Waals surface area contributed by atoms with Gasteiger partial charge in [-0.15, -0.1) is 11.3 Å². The third-order valence-corrected chi connectivity index (χ3v) is 3.68. The topological polar surface area (TPSA) is 52.5 Å². The van der Waals surface area contributed by atoms with Crippen LogP contribution < -0.4 is 5.32 Å². The predicted octanol–water partition coefficient (Wildman–Crippen LogP) is 3.01. The molecule has 2 aromatic rings. The first-order valence-electron chi connectivity index (χ1n) is 5.44. The summed E-state index contributed by atoms with van der Waals surface area (Å²) in [6, 6.07) is 9.28. The summed E-state index contributed by atoms with van der Waals surface area (Å²) in [6.45, 7) is 2.76. The van der Waals surface area contributed by atoms with Gasteiger partial charge < -0.3 is 15.5 Å². The van der Waals surface area contributed by atoms with Crippen LogP contribution in [-0.4, -0.2) is 10.2 Å². The zero-order valence-electron chi connectivity index (χ0n) is 9.55. The van der Waals surface area contributed by atoms with E-state index in [9.17, 15) is 10.2 Å². The molecule has 0 bridgehead atoms. The van der Waals surface area contributed by atoms with Gasteiger partial charge >= 0.3 is 0 Å².